The van der Waals surface area contributed by atoms with Crippen LogP contribution >= 0.6 is 11.6 Å². The largest absolute Gasteiger partial charge is 0.370 e. The molecule has 0 atom stereocenters. The van der Waals surface area contributed by atoms with Gasteiger partial charge in [0.25, 0.3) is 0 Å². The van der Waals surface area contributed by atoms with Gasteiger partial charge in [-0.05, 0) is 42.3 Å². The molecule has 0 saturated heterocycles. The maximum atomic E-state index is 10.7. The minimum atomic E-state index is 0.701. The van der Waals surface area contributed by atoms with E-state index in [2.05, 4.69) is 4.90 Å². The highest BCUT2D eigenvalue weighted by Crippen LogP contribution is 2.23. The zero-order chi connectivity index (χ0) is 13.8. The standard InChI is InChI=1S/C16H16ClNO/c1-12-9-13(11-19)7-8-16(12)18(2)10-14-5-3-4-6-15(14)17/h3-9,11H,10H2,1-2H3. The molecule has 0 fully saturated rings. The predicted octanol–water partition coefficient (Wildman–Crippen LogP) is 4.10. The van der Waals surface area contributed by atoms with Gasteiger partial charge >= 0.3 is 0 Å². The Morgan fingerprint density at radius 2 is 1.95 bits per heavy atom. The molecule has 2 aromatic rings. The predicted molar refractivity (Wildman–Crippen MR) is 80.1 cm³/mol. The maximum absolute atomic E-state index is 10.7. The van der Waals surface area contributed by atoms with E-state index in [-0.39, 0.29) is 0 Å². The van der Waals surface area contributed by atoms with E-state index in [1.807, 2.05) is 56.4 Å². The summed E-state index contributed by atoms with van der Waals surface area (Å²) in [6, 6.07) is 13.5. The topological polar surface area (TPSA) is 20.3 Å². The first-order chi connectivity index (χ1) is 9.11. The van der Waals surface area contributed by atoms with Crippen molar-refractivity contribution in [2.45, 2.75) is 13.5 Å². The van der Waals surface area contributed by atoms with E-state index in [9.17, 15) is 4.79 Å². The van der Waals surface area contributed by atoms with Crippen molar-refractivity contribution in [1.29, 1.82) is 0 Å². The molecular formula is C16H16ClNO. The Kier molecular flexibility index (Phi) is 4.23. The normalized spacial score (nSPS) is 10.3. The van der Waals surface area contributed by atoms with Gasteiger partial charge in [-0.15, -0.1) is 0 Å². The number of anilines is 1. The second-order valence-corrected chi connectivity index (χ2v) is 5.02. The van der Waals surface area contributed by atoms with Crippen LogP contribution in [0.3, 0.4) is 0 Å². The molecule has 2 rings (SSSR count). The van der Waals surface area contributed by atoms with E-state index in [4.69, 9.17) is 11.6 Å². The minimum Gasteiger partial charge on any atom is -0.370 e. The lowest BCUT2D eigenvalue weighted by Crippen LogP contribution is -2.17. The highest BCUT2D eigenvalue weighted by atomic mass is 35.5. The summed E-state index contributed by atoms with van der Waals surface area (Å²) >= 11 is 6.17. The molecule has 98 valence electrons. The number of hydrogen-bond acceptors (Lipinski definition) is 2. The zero-order valence-corrected chi connectivity index (χ0v) is 11.8. The Hall–Kier alpha value is -1.80. The second-order valence-electron chi connectivity index (χ2n) is 4.61. The summed E-state index contributed by atoms with van der Waals surface area (Å²) < 4.78 is 0. The summed E-state index contributed by atoms with van der Waals surface area (Å²) in [6.45, 7) is 2.74. The van der Waals surface area contributed by atoms with Crippen LogP contribution < -0.4 is 4.90 Å². The Bertz CT molecular complexity index is 595. The molecule has 2 aromatic carbocycles. The van der Waals surface area contributed by atoms with E-state index < -0.39 is 0 Å². The lowest BCUT2D eigenvalue weighted by Gasteiger charge is -2.22. The Labute approximate surface area is 118 Å². The third-order valence-corrected chi connectivity index (χ3v) is 3.50. The number of hydrogen-bond donors (Lipinski definition) is 0. The van der Waals surface area contributed by atoms with Gasteiger partial charge in [0.05, 0.1) is 0 Å². The first-order valence-corrected chi connectivity index (χ1v) is 6.50. The number of aldehydes is 1. The summed E-state index contributed by atoms with van der Waals surface area (Å²) in [4.78, 5) is 12.9. The molecule has 2 nitrogen and oxygen atoms in total. The quantitative estimate of drug-likeness (QED) is 0.782. The molecule has 19 heavy (non-hydrogen) atoms. The van der Waals surface area contributed by atoms with Crippen LogP contribution in [0.1, 0.15) is 21.5 Å². The molecule has 0 aliphatic rings. The molecule has 0 spiro atoms. The Morgan fingerprint density at radius 1 is 1.21 bits per heavy atom. The van der Waals surface area contributed by atoms with Crippen LogP contribution in [0.15, 0.2) is 42.5 Å². The van der Waals surface area contributed by atoms with E-state index in [0.717, 1.165) is 34.7 Å². The second kappa shape index (κ2) is 5.89. The molecule has 0 saturated carbocycles. The molecule has 0 radical (unpaired) electrons. The number of benzene rings is 2. The molecule has 0 aromatic heterocycles. The van der Waals surface area contributed by atoms with Crippen molar-refractivity contribution in [2.75, 3.05) is 11.9 Å². The lowest BCUT2D eigenvalue weighted by molar-refractivity contribution is 0.112. The van der Waals surface area contributed by atoms with Gasteiger partial charge in [0, 0.05) is 29.9 Å². The van der Waals surface area contributed by atoms with Crippen LogP contribution in [0.2, 0.25) is 5.02 Å². The summed E-state index contributed by atoms with van der Waals surface area (Å²) in [7, 11) is 2.02. The van der Waals surface area contributed by atoms with Crippen LogP contribution in [0.4, 0.5) is 5.69 Å². The van der Waals surface area contributed by atoms with Crippen molar-refractivity contribution in [1.82, 2.24) is 0 Å². The minimum absolute atomic E-state index is 0.701. The smallest absolute Gasteiger partial charge is 0.150 e. The lowest BCUT2D eigenvalue weighted by atomic mass is 10.1. The first kappa shape index (κ1) is 13.6. The average Bonchev–Trinajstić information content (AvgIpc) is 2.41. The molecule has 0 heterocycles. The van der Waals surface area contributed by atoms with Gasteiger partial charge in [0.1, 0.15) is 6.29 Å². The Morgan fingerprint density at radius 3 is 2.58 bits per heavy atom. The average molecular weight is 274 g/mol. The first-order valence-electron chi connectivity index (χ1n) is 6.12. The molecule has 0 bridgehead atoms. The van der Waals surface area contributed by atoms with E-state index >= 15 is 0 Å². The van der Waals surface area contributed by atoms with Crippen LogP contribution in [0, 0.1) is 6.92 Å². The van der Waals surface area contributed by atoms with E-state index in [0.29, 0.717) is 5.56 Å². The summed E-state index contributed by atoms with van der Waals surface area (Å²) in [5, 5.41) is 0.775. The highest BCUT2D eigenvalue weighted by molar-refractivity contribution is 6.31. The summed E-state index contributed by atoms with van der Waals surface area (Å²) in [5.74, 6) is 0. The van der Waals surface area contributed by atoms with Crippen LogP contribution in [0.5, 0.6) is 0 Å². The van der Waals surface area contributed by atoms with Crippen molar-refractivity contribution >= 4 is 23.6 Å². The molecule has 3 heteroatoms. The molecule has 0 amide bonds. The number of rotatable bonds is 4. The fraction of sp³-hybridized carbons (Fsp3) is 0.188. The van der Waals surface area contributed by atoms with Crippen molar-refractivity contribution in [2.24, 2.45) is 0 Å². The fourth-order valence-corrected chi connectivity index (χ4v) is 2.34. The van der Waals surface area contributed by atoms with Gasteiger partial charge in [-0.3, -0.25) is 4.79 Å². The fourth-order valence-electron chi connectivity index (χ4n) is 2.15. The van der Waals surface area contributed by atoms with E-state index in [1.165, 1.54) is 0 Å². The Balaban J connectivity index is 2.23. The van der Waals surface area contributed by atoms with Gasteiger partial charge in [-0.25, -0.2) is 0 Å². The van der Waals surface area contributed by atoms with Crippen LogP contribution in [-0.4, -0.2) is 13.3 Å². The summed E-state index contributed by atoms with van der Waals surface area (Å²) in [5.41, 5.74) is 3.97. The van der Waals surface area contributed by atoms with Gasteiger partial charge in [-0.2, -0.15) is 0 Å². The molecule has 0 unspecified atom stereocenters. The van der Waals surface area contributed by atoms with Crippen molar-refractivity contribution in [3.05, 3.63) is 64.2 Å². The summed E-state index contributed by atoms with van der Waals surface area (Å²) in [6.07, 6.45) is 0.866. The third-order valence-electron chi connectivity index (χ3n) is 3.13. The third kappa shape index (κ3) is 3.15. The molecule has 0 aliphatic carbocycles. The van der Waals surface area contributed by atoms with E-state index in [1.54, 1.807) is 0 Å². The van der Waals surface area contributed by atoms with Gasteiger partial charge in [0.15, 0.2) is 0 Å². The number of carbonyl (C=O) groups excluding carboxylic acids is 1. The molecular weight excluding hydrogens is 258 g/mol. The van der Waals surface area contributed by atoms with Crippen molar-refractivity contribution < 1.29 is 4.79 Å². The van der Waals surface area contributed by atoms with Gasteiger partial charge in [-0.1, -0.05) is 29.8 Å². The van der Waals surface area contributed by atoms with Crippen LogP contribution in [-0.2, 0) is 6.54 Å². The number of halogens is 1. The van der Waals surface area contributed by atoms with Crippen LogP contribution in [0.25, 0.3) is 0 Å². The van der Waals surface area contributed by atoms with Gasteiger partial charge in [0.2, 0.25) is 0 Å². The zero-order valence-electron chi connectivity index (χ0n) is 11.1. The highest BCUT2D eigenvalue weighted by Gasteiger charge is 2.08. The maximum Gasteiger partial charge on any atom is 0.150 e. The number of carbonyl (C=O) groups is 1. The SMILES string of the molecule is Cc1cc(C=O)ccc1N(C)Cc1ccccc1Cl. The monoisotopic (exact) mass is 273 g/mol. The van der Waals surface area contributed by atoms with Crippen molar-refractivity contribution in [3.63, 3.8) is 0 Å². The van der Waals surface area contributed by atoms with Crippen molar-refractivity contribution in [3.8, 4) is 0 Å². The number of nitrogens with zero attached hydrogens (tertiary/aromatic N) is 1. The number of aryl methyl sites for hydroxylation is 1. The molecule has 0 aliphatic heterocycles. The molecule has 0 N–H and O–H groups in total. The van der Waals surface area contributed by atoms with Gasteiger partial charge < -0.3 is 4.90 Å².